The molecule has 0 aliphatic rings. The van der Waals surface area contributed by atoms with Crippen molar-refractivity contribution in [1.82, 2.24) is 0 Å². The van der Waals surface area contributed by atoms with Gasteiger partial charge in [-0.3, -0.25) is 9.59 Å². The Morgan fingerprint density at radius 2 is 1.58 bits per heavy atom. The van der Waals surface area contributed by atoms with E-state index in [4.69, 9.17) is 12.2 Å². The number of Topliss-reactive ketones (excluding diaryl/α,β-unsaturated/α-hetero) is 1. The summed E-state index contributed by atoms with van der Waals surface area (Å²) < 4.78 is 0. The molecule has 0 saturated carbocycles. The largest absolute Gasteiger partial charge is 0.332 e. The van der Waals surface area contributed by atoms with Crippen molar-refractivity contribution in [3.05, 3.63) is 83.4 Å². The van der Waals surface area contributed by atoms with Crippen LogP contribution in [-0.2, 0) is 4.79 Å². The third-order valence-electron chi connectivity index (χ3n) is 4.96. The van der Waals surface area contributed by atoms with Crippen LogP contribution in [0.15, 0.2) is 71.6 Å². The van der Waals surface area contributed by atoms with Crippen molar-refractivity contribution >= 4 is 57.8 Å². The minimum absolute atomic E-state index is 0.0217. The van der Waals surface area contributed by atoms with E-state index < -0.39 is 0 Å². The molecule has 0 radical (unpaired) electrons. The summed E-state index contributed by atoms with van der Waals surface area (Å²) in [6.07, 6.45) is 0. The van der Waals surface area contributed by atoms with E-state index in [1.54, 1.807) is 12.1 Å². The minimum atomic E-state index is -0.272. The molecular weight excluding hydrogens is 450 g/mol. The number of carbonyl (C=O) groups is 2. The number of thiocarbonyl (C=S) groups is 1. The lowest BCUT2D eigenvalue weighted by atomic mass is 10.1. The summed E-state index contributed by atoms with van der Waals surface area (Å²) >= 11 is 6.89. The Labute approximate surface area is 204 Å². The van der Waals surface area contributed by atoms with Crippen LogP contribution >= 0.6 is 24.0 Å². The maximum absolute atomic E-state index is 12.7. The molecule has 0 aromatic heterocycles. The van der Waals surface area contributed by atoms with Gasteiger partial charge in [-0.25, -0.2) is 0 Å². The summed E-state index contributed by atoms with van der Waals surface area (Å²) in [5.41, 5.74) is 5.31. The first-order valence-corrected chi connectivity index (χ1v) is 11.8. The summed E-state index contributed by atoms with van der Waals surface area (Å²) in [5, 5.41) is 9.45. The van der Waals surface area contributed by atoms with E-state index in [9.17, 15) is 9.59 Å². The standard InChI is InChI=1S/C26H27N3O2S2/c1-16-8-13-24(17(2)14-16)29-25(31)19(4)33-23-7-5-6-22(15-23)28-26(32)27-21-11-9-20(10-12-21)18(3)30/h5-15,19H,1-4H3,(H,29,31)(H2,27,28,32). The Balaban J connectivity index is 1.57. The van der Waals surface area contributed by atoms with Crippen LogP contribution in [0, 0.1) is 13.8 Å². The molecule has 0 bridgehead atoms. The van der Waals surface area contributed by atoms with Crippen LogP contribution in [0.25, 0.3) is 0 Å². The molecule has 7 heteroatoms. The second kappa shape index (κ2) is 11.1. The number of aryl methyl sites for hydroxylation is 2. The van der Waals surface area contributed by atoms with Gasteiger partial charge in [0, 0.05) is 27.5 Å². The van der Waals surface area contributed by atoms with Gasteiger partial charge in [-0.1, -0.05) is 23.8 Å². The zero-order valence-corrected chi connectivity index (χ0v) is 20.7. The van der Waals surface area contributed by atoms with Crippen LogP contribution in [0.5, 0.6) is 0 Å². The fourth-order valence-corrected chi connectivity index (χ4v) is 4.34. The molecule has 3 N–H and O–H groups in total. The fourth-order valence-electron chi connectivity index (χ4n) is 3.17. The lowest BCUT2D eigenvalue weighted by molar-refractivity contribution is -0.115. The highest BCUT2D eigenvalue weighted by Gasteiger charge is 2.16. The molecule has 1 amide bonds. The van der Waals surface area contributed by atoms with Crippen LogP contribution in [0.3, 0.4) is 0 Å². The molecule has 0 aliphatic heterocycles. The van der Waals surface area contributed by atoms with E-state index >= 15 is 0 Å². The second-order valence-corrected chi connectivity index (χ2v) is 9.63. The van der Waals surface area contributed by atoms with Crippen LogP contribution in [0.4, 0.5) is 17.1 Å². The van der Waals surface area contributed by atoms with Crippen molar-refractivity contribution in [2.24, 2.45) is 0 Å². The molecule has 1 atom stereocenters. The number of rotatable bonds is 7. The molecule has 3 aromatic rings. The number of carbonyl (C=O) groups excluding carboxylic acids is 2. The third kappa shape index (κ3) is 7.17. The lowest BCUT2D eigenvalue weighted by Crippen LogP contribution is -2.23. The number of thioether (sulfide) groups is 1. The minimum Gasteiger partial charge on any atom is -0.332 e. The average molecular weight is 478 g/mol. The van der Waals surface area contributed by atoms with Crippen LogP contribution < -0.4 is 16.0 Å². The molecule has 0 heterocycles. The quantitative estimate of drug-likeness (QED) is 0.207. The number of amides is 1. The van der Waals surface area contributed by atoms with Gasteiger partial charge >= 0.3 is 0 Å². The van der Waals surface area contributed by atoms with Crippen molar-refractivity contribution in [1.29, 1.82) is 0 Å². The third-order valence-corrected chi connectivity index (χ3v) is 6.26. The molecule has 0 spiro atoms. The first kappa shape index (κ1) is 24.5. The molecule has 1 unspecified atom stereocenters. The van der Waals surface area contributed by atoms with Gasteiger partial charge in [0.2, 0.25) is 5.91 Å². The first-order chi connectivity index (χ1) is 15.7. The van der Waals surface area contributed by atoms with E-state index in [0.29, 0.717) is 10.7 Å². The van der Waals surface area contributed by atoms with Crippen molar-refractivity contribution < 1.29 is 9.59 Å². The van der Waals surface area contributed by atoms with Crippen molar-refractivity contribution in [2.75, 3.05) is 16.0 Å². The number of benzene rings is 3. The first-order valence-electron chi connectivity index (χ1n) is 10.5. The van der Waals surface area contributed by atoms with Crippen LogP contribution in [0.2, 0.25) is 0 Å². The molecule has 5 nitrogen and oxygen atoms in total. The van der Waals surface area contributed by atoms with E-state index in [0.717, 1.165) is 33.1 Å². The van der Waals surface area contributed by atoms with Crippen molar-refractivity contribution in [3.8, 4) is 0 Å². The number of ketones is 1. The normalized spacial score (nSPS) is 11.4. The number of nitrogens with one attached hydrogen (secondary N) is 3. The Morgan fingerprint density at radius 1 is 0.879 bits per heavy atom. The summed E-state index contributed by atoms with van der Waals surface area (Å²) in [4.78, 5) is 25.0. The Morgan fingerprint density at radius 3 is 2.24 bits per heavy atom. The molecule has 33 heavy (non-hydrogen) atoms. The fraction of sp³-hybridized carbons (Fsp3) is 0.192. The number of anilines is 3. The van der Waals surface area contributed by atoms with Gasteiger partial charge in [-0.05, 0) is 94.0 Å². The molecular formula is C26H27N3O2S2. The SMILES string of the molecule is CC(=O)c1ccc(NC(=S)Nc2cccc(SC(C)C(=O)Nc3ccc(C)cc3C)c2)cc1. The lowest BCUT2D eigenvalue weighted by Gasteiger charge is -2.15. The molecule has 0 aliphatic carbocycles. The summed E-state index contributed by atoms with van der Waals surface area (Å²) in [6, 6.07) is 20.9. The van der Waals surface area contributed by atoms with Crippen LogP contribution in [0.1, 0.15) is 35.3 Å². The second-order valence-electron chi connectivity index (χ2n) is 7.81. The van der Waals surface area contributed by atoms with Gasteiger partial charge in [0.15, 0.2) is 10.9 Å². The van der Waals surface area contributed by atoms with Gasteiger partial charge in [-0.2, -0.15) is 0 Å². The van der Waals surface area contributed by atoms with Gasteiger partial charge in [0.1, 0.15) is 0 Å². The molecule has 3 aromatic carbocycles. The maximum Gasteiger partial charge on any atom is 0.237 e. The Hall–Kier alpha value is -3.16. The molecule has 0 saturated heterocycles. The Bertz CT molecular complexity index is 1180. The highest BCUT2D eigenvalue weighted by molar-refractivity contribution is 8.00. The topological polar surface area (TPSA) is 70.2 Å². The van der Waals surface area contributed by atoms with Gasteiger partial charge in [0.05, 0.1) is 5.25 Å². The Kier molecular flexibility index (Phi) is 8.25. The number of hydrogen-bond acceptors (Lipinski definition) is 4. The van der Waals surface area contributed by atoms with Gasteiger partial charge < -0.3 is 16.0 Å². The van der Waals surface area contributed by atoms with E-state index in [2.05, 4.69) is 22.0 Å². The number of hydrogen-bond donors (Lipinski definition) is 3. The van der Waals surface area contributed by atoms with Crippen molar-refractivity contribution in [3.63, 3.8) is 0 Å². The maximum atomic E-state index is 12.7. The van der Waals surface area contributed by atoms with Gasteiger partial charge in [-0.15, -0.1) is 11.8 Å². The van der Waals surface area contributed by atoms with Crippen LogP contribution in [-0.4, -0.2) is 22.1 Å². The van der Waals surface area contributed by atoms with E-state index in [-0.39, 0.29) is 16.9 Å². The zero-order valence-electron chi connectivity index (χ0n) is 19.1. The molecule has 3 rings (SSSR count). The summed E-state index contributed by atoms with van der Waals surface area (Å²) in [7, 11) is 0. The summed E-state index contributed by atoms with van der Waals surface area (Å²) in [5.74, 6) is -0.0232. The highest BCUT2D eigenvalue weighted by atomic mass is 32.2. The van der Waals surface area contributed by atoms with E-state index in [1.165, 1.54) is 18.7 Å². The molecule has 0 fully saturated rings. The van der Waals surface area contributed by atoms with Gasteiger partial charge in [0.25, 0.3) is 0 Å². The average Bonchev–Trinajstić information content (AvgIpc) is 2.76. The smallest absolute Gasteiger partial charge is 0.237 e. The molecule has 170 valence electrons. The highest BCUT2D eigenvalue weighted by Crippen LogP contribution is 2.27. The summed E-state index contributed by atoms with van der Waals surface area (Å²) in [6.45, 7) is 7.45. The zero-order chi connectivity index (χ0) is 24.0. The predicted molar refractivity (Wildman–Crippen MR) is 143 cm³/mol. The monoisotopic (exact) mass is 477 g/mol. The predicted octanol–water partition coefficient (Wildman–Crippen LogP) is 6.43. The van der Waals surface area contributed by atoms with E-state index in [1.807, 2.05) is 69.3 Å². The van der Waals surface area contributed by atoms with Crippen molar-refractivity contribution in [2.45, 2.75) is 37.8 Å².